The Kier molecular flexibility index (Phi) is 5.31. The second kappa shape index (κ2) is 7.81. The van der Waals surface area contributed by atoms with Crippen LogP contribution in [0.4, 0.5) is 0 Å². The predicted octanol–water partition coefficient (Wildman–Crippen LogP) is 4.36. The van der Waals surface area contributed by atoms with E-state index in [4.69, 9.17) is 15.2 Å². The van der Waals surface area contributed by atoms with Gasteiger partial charge in [0.1, 0.15) is 12.4 Å². The van der Waals surface area contributed by atoms with E-state index in [1.54, 1.807) is 13.3 Å². The number of nitrogens with zero attached hydrogens (tertiary/aromatic N) is 1. The normalized spacial score (nSPS) is 11.8. The van der Waals surface area contributed by atoms with Crippen molar-refractivity contribution in [3.05, 3.63) is 78.0 Å². The Labute approximate surface area is 148 Å². The van der Waals surface area contributed by atoms with E-state index in [1.165, 1.54) is 0 Å². The molecule has 0 radical (unpaired) electrons. The van der Waals surface area contributed by atoms with Crippen LogP contribution in [-0.2, 0) is 6.61 Å². The second-order valence-electron chi connectivity index (χ2n) is 5.88. The average Bonchev–Trinajstić information content (AvgIpc) is 2.67. The van der Waals surface area contributed by atoms with Gasteiger partial charge in [-0.15, -0.1) is 0 Å². The molecule has 3 rings (SSSR count). The molecule has 2 aromatic carbocycles. The Hall–Kier alpha value is -2.85. The second-order valence-corrected chi connectivity index (χ2v) is 5.88. The van der Waals surface area contributed by atoms with Crippen molar-refractivity contribution in [3.63, 3.8) is 0 Å². The zero-order valence-corrected chi connectivity index (χ0v) is 14.5. The minimum atomic E-state index is -0.0658. The Morgan fingerprint density at radius 3 is 2.52 bits per heavy atom. The molecule has 0 aliphatic rings. The van der Waals surface area contributed by atoms with E-state index in [2.05, 4.69) is 4.98 Å². The minimum absolute atomic E-state index is 0.0658. The molecule has 0 saturated heterocycles. The third-order valence-corrected chi connectivity index (χ3v) is 4.02. The summed E-state index contributed by atoms with van der Waals surface area (Å²) in [6, 6.07) is 19.9. The van der Waals surface area contributed by atoms with Gasteiger partial charge in [-0.2, -0.15) is 0 Å². The summed E-state index contributed by atoms with van der Waals surface area (Å²) in [5, 5.41) is 0. The summed E-state index contributed by atoms with van der Waals surface area (Å²) in [5.41, 5.74) is 10.0. The maximum atomic E-state index is 6.13. The maximum absolute atomic E-state index is 6.13. The summed E-state index contributed by atoms with van der Waals surface area (Å²) in [4.78, 5) is 4.29. The van der Waals surface area contributed by atoms with Gasteiger partial charge in [0.2, 0.25) is 5.88 Å². The lowest BCUT2D eigenvalue weighted by molar-refractivity contribution is 0.307. The number of ether oxygens (including phenoxy) is 2. The van der Waals surface area contributed by atoms with E-state index in [9.17, 15) is 0 Å². The van der Waals surface area contributed by atoms with Gasteiger partial charge in [0.25, 0.3) is 0 Å². The number of methoxy groups -OCH3 is 1. The lowest BCUT2D eigenvalue weighted by atomic mass is 10.0. The number of aromatic nitrogens is 1. The van der Waals surface area contributed by atoms with Gasteiger partial charge in [-0.1, -0.05) is 42.5 Å². The number of pyridine rings is 1. The van der Waals surface area contributed by atoms with E-state index >= 15 is 0 Å². The monoisotopic (exact) mass is 334 g/mol. The summed E-state index contributed by atoms with van der Waals surface area (Å²) in [5.74, 6) is 1.34. The van der Waals surface area contributed by atoms with Crippen molar-refractivity contribution < 1.29 is 9.47 Å². The lowest BCUT2D eigenvalue weighted by Crippen LogP contribution is -2.06. The Bertz CT molecular complexity index is 832. The Morgan fingerprint density at radius 1 is 1.00 bits per heavy atom. The third kappa shape index (κ3) is 3.98. The van der Waals surface area contributed by atoms with Gasteiger partial charge in [-0.25, -0.2) is 4.98 Å². The van der Waals surface area contributed by atoms with E-state index in [1.807, 2.05) is 67.6 Å². The highest BCUT2D eigenvalue weighted by molar-refractivity contribution is 5.74. The summed E-state index contributed by atoms with van der Waals surface area (Å²) in [6.07, 6.45) is 1.71. The third-order valence-electron chi connectivity index (χ3n) is 4.02. The van der Waals surface area contributed by atoms with Crippen LogP contribution in [0.5, 0.6) is 11.6 Å². The van der Waals surface area contributed by atoms with E-state index in [-0.39, 0.29) is 6.04 Å². The van der Waals surface area contributed by atoms with Crippen molar-refractivity contribution in [2.45, 2.75) is 19.6 Å². The summed E-state index contributed by atoms with van der Waals surface area (Å²) >= 11 is 0. The minimum Gasteiger partial charge on any atom is -0.488 e. The molecule has 25 heavy (non-hydrogen) atoms. The van der Waals surface area contributed by atoms with Crippen molar-refractivity contribution in [1.82, 2.24) is 4.98 Å². The molecule has 4 heteroatoms. The van der Waals surface area contributed by atoms with Crippen molar-refractivity contribution in [1.29, 1.82) is 0 Å². The highest BCUT2D eigenvalue weighted by Gasteiger charge is 2.14. The molecule has 128 valence electrons. The number of rotatable bonds is 6. The topological polar surface area (TPSA) is 57.4 Å². The molecule has 0 bridgehead atoms. The first-order valence-electron chi connectivity index (χ1n) is 8.24. The quantitative estimate of drug-likeness (QED) is 0.728. The van der Waals surface area contributed by atoms with E-state index < -0.39 is 0 Å². The van der Waals surface area contributed by atoms with Gasteiger partial charge >= 0.3 is 0 Å². The molecule has 0 aliphatic carbocycles. The fraction of sp³-hybridized carbons (Fsp3) is 0.190. The largest absolute Gasteiger partial charge is 0.488 e. The van der Waals surface area contributed by atoms with Crippen molar-refractivity contribution in [2.24, 2.45) is 5.73 Å². The predicted molar refractivity (Wildman–Crippen MR) is 99.6 cm³/mol. The van der Waals surface area contributed by atoms with Crippen LogP contribution in [0.1, 0.15) is 24.1 Å². The molecule has 3 aromatic rings. The molecule has 0 amide bonds. The SMILES string of the molecule is COc1ncccc1-c1ccc([C@@H](C)N)cc1OCc1ccccc1. The molecule has 2 N–H and O–H groups in total. The highest BCUT2D eigenvalue weighted by Crippen LogP contribution is 2.36. The van der Waals surface area contributed by atoms with Crippen molar-refractivity contribution in [3.8, 4) is 22.8 Å². The molecule has 0 spiro atoms. The van der Waals surface area contributed by atoms with Gasteiger partial charge in [-0.3, -0.25) is 0 Å². The van der Waals surface area contributed by atoms with Gasteiger partial charge in [0.15, 0.2) is 0 Å². The molecule has 4 nitrogen and oxygen atoms in total. The van der Waals surface area contributed by atoms with E-state index in [0.29, 0.717) is 12.5 Å². The van der Waals surface area contributed by atoms with Gasteiger partial charge in [-0.05, 0) is 36.2 Å². The summed E-state index contributed by atoms with van der Waals surface area (Å²) in [6.45, 7) is 2.44. The van der Waals surface area contributed by atoms with Crippen LogP contribution in [0.25, 0.3) is 11.1 Å². The first-order chi connectivity index (χ1) is 12.2. The highest BCUT2D eigenvalue weighted by atomic mass is 16.5. The van der Waals surface area contributed by atoms with Crippen LogP contribution in [0.3, 0.4) is 0 Å². The van der Waals surface area contributed by atoms with Crippen LogP contribution < -0.4 is 15.2 Å². The fourth-order valence-electron chi connectivity index (χ4n) is 2.66. The standard InChI is InChI=1S/C21H22N2O2/c1-15(22)17-10-11-18(19-9-6-12-23-21(19)24-2)20(13-17)25-14-16-7-4-3-5-8-16/h3-13,15H,14,22H2,1-2H3/t15-/m1/s1. The molecule has 0 unspecified atom stereocenters. The van der Waals surface area contributed by atoms with E-state index in [0.717, 1.165) is 28.0 Å². The Morgan fingerprint density at radius 2 is 1.80 bits per heavy atom. The zero-order chi connectivity index (χ0) is 17.6. The van der Waals surface area contributed by atoms with Crippen LogP contribution in [-0.4, -0.2) is 12.1 Å². The van der Waals surface area contributed by atoms with Gasteiger partial charge in [0.05, 0.1) is 7.11 Å². The number of hydrogen-bond acceptors (Lipinski definition) is 4. The van der Waals surface area contributed by atoms with Crippen LogP contribution >= 0.6 is 0 Å². The van der Waals surface area contributed by atoms with Crippen LogP contribution in [0.2, 0.25) is 0 Å². The fourth-order valence-corrected chi connectivity index (χ4v) is 2.66. The molecule has 1 aromatic heterocycles. The molecule has 0 saturated carbocycles. The summed E-state index contributed by atoms with van der Waals surface area (Å²) in [7, 11) is 1.62. The lowest BCUT2D eigenvalue weighted by Gasteiger charge is -2.16. The van der Waals surface area contributed by atoms with Gasteiger partial charge in [0, 0.05) is 23.4 Å². The number of benzene rings is 2. The number of nitrogens with two attached hydrogens (primary N) is 1. The molecule has 0 fully saturated rings. The Balaban J connectivity index is 1.99. The first-order valence-corrected chi connectivity index (χ1v) is 8.24. The molecule has 1 atom stereocenters. The number of hydrogen-bond donors (Lipinski definition) is 1. The maximum Gasteiger partial charge on any atom is 0.221 e. The van der Waals surface area contributed by atoms with Gasteiger partial charge < -0.3 is 15.2 Å². The van der Waals surface area contributed by atoms with Crippen LogP contribution in [0, 0.1) is 0 Å². The molecule has 1 heterocycles. The smallest absolute Gasteiger partial charge is 0.221 e. The molecular weight excluding hydrogens is 312 g/mol. The van der Waals surface area contributed by atoms with Crippen LogP contribution in [0.15, 0.2) is 66.9 Å². The average molecular weight is 334 g/mol. The zero-order valence-electron chi connectivity index (χ0n) is 14.5. The molecule has 0 aliphatic heterocycles. The van der Waals surface area contributed by atoms with Crippen molar-refractivity contribution in [2.75, 3.05) is 7.11 Å². The molecular formula is C21H22N2O2. The van der Waals surface area contributed by atoms with Crippen molar-refractivity contribution >= 4 is 0 Å². The summed E-state index contributed by atoms with van der Waals surface area (Å²) < 4.78 is 11.5. The first kappa shape index (κ1) is 17.0.